The minimum Gasteiger partial charge on any atom is -0.497 e. The zero-order chi connectivity index (χ0) is 15.1. The third kappa shape index (κ3) is 2.76. The first-order valence-corrected chi connectivity index (χ1v) is 7.59. The van der Waals surface area contributed by atoms with Crippen molar-refractivity contribution in [2.75, 3.05) is 7.11 Å². The first-order chi connectivity index (χ1) is 9.16. The van der Waals surface area contributed by atoms with E-state index in [1.54, 1.807) is 7.11 Å². The Morgan fingerprint density at radius 1 is 1.25 bits per heavy atom. The average molecular weight is 297 g/mol. The van der Waals surface area contributed by atoms with Gasteiger partial charge in [-0.15, -0.1) is 11.6 Å². The van der Waals surface area contributed by atoms with Crippen molar-refractivity contribution in [1.29, 1.82) is 0 Å². The molecule has 2 unspecified atom stereocenters. The molecule has 1 saturated carbocycles. The number of rotatable bonds is 3. The fourth-order valence-electron chi connectivity index (χ4n) is 2.51. The normalized spacial score (nSPS) is 24.9. The summed E-state index contributed by atoms with van der Waals surface area (Å²) < 4.78 is 11.6. The van der Waals surface area contributed by atoms with Crippen molar-refractivity contribution in [3.8, 4) is 11.5 Å². The standard InChI is InChI=1S/C17H25ClO2/c1-16(2,3)12-9-11(19-6)7-8-13(12)20-15-10-14(18)17(15,4)5/h7-9,14-15H,10H2,1-6H3. The lowest BCUT2D eigenvalue weighted by Gasteiger charge is -2.48. The van der Waals surface area contributed by atoms with Gasteiger partial charge in [0.2, 0.25) is 0 Å². The van der Waals surface area contributed by atoms with Gasteiger partial charge >= 0.3 is 0 Å². The van der Waals surface area contributed by atoms with Crippen LogP contribution in [-0.4, -0.2) is 18.6 Å². The molecule has 0 spiro atoms. The van der Waals surface area contributed by atoms with E-state index >= 15 is 0 Å². The highest BCUT2D eigenvalue weighted by Crippen LogP contribution is 2.47. The summed E-state index contributed by atoms with van der Waals surface area (Å²) in [5, 5.41) is 0.198. The van der Waals surface area contributed by atoms with Crippen LogP contribution >= 0.6 is 11.6 Å². The summed E-state index contributed by atoms with van der Waals surface area (Å²) in [6.45, 7) is 10.9. The van der Waals surface area contributed by atoms with E-state index in [1.807, 2.05) is 12.1 Å². The Bertz CT molecular complexity index is 488. The van der Waals surface area contributed by atoms with Crippen LogP contribution in [0.5, 0.6) is 11.5 Å². The summed E-state index contributed by atoms with van der Waals surface area (Å²) in [6.07, 6.45) is 1.09. The van der Waals surface area contributed by atoms with E-state index in [1.165, 1.54) is 5.56 Å². The van der Waals surface area contributed by atoms with Gasteiger partial charge in [-0.25, -0.2) is 0 Å². The molecule has 1 aromatic rings. The zero-order valence-corrected chi connectivity index (χ0v) is 14.0. The van der Waals surface area contributed by atoms with E-state index in [0.29, 0.717) is 0 Å². The quantitative estimate of drug-likeness (QED) is 0.748. The molecule has 20 heavy (non-hydrogen) atoms. The van der Waals surface area contributed by atoms with Crippen LogP contribution in [0.3, 0.4) is 0 Å². The lowest BCUT2D eigenvalue weighted by molar-refractivity contribution is -0.0141. The molecule has 0 saturated heterocycles. The van der Waals surface area contributed by atoms with Gasteiger partial charge in [0.1, 0.15) is 17.6 Å². The number of hydrogen-bond acceptors (Lipinski definition) is 2. The van der Waals surface area contributed by atoms with Crippen LogP contribution in [0, 0.1) is 5.41 Å². The molecule has 0 aromatic heterocycles. The Labute approximate surface area is 127 Å². The number of hydrogen-bond donors (Lipinski definition) is 0. The summed E-state index contributed by atoms with van der Waals surface area (Å²) in [5.41, 5.74) is 1.21. The van der Waals surface area contributed by atoms with Crippen molar-refractivity contribution in [3.05, 3.63) is 23.8 Å². The Kier molecular flexibility index (Phi) is 3.98. The maximum atomic E-state index is 6.28. The summed E-state index contributed by atoms with van der Waals surface area (Å²) in [6, 6.07) is 6.03. The van der Waals surface area contributed by atoms with Crippen molar-refractivity contribution in [2.45, 2.75) is 57.9 Å². The number of alkyl halides is 1. The van der Waals surface area contributed by atoms with Crippen LogP contribution in [-0.2, 0) is 5.41 Å². The summed E-state index contributed by atoms with van der Waals surface area (Å²) in [5.74, 6) is 1.81. The topological polar surface area (TPSA) is 18.5 Å². The zero-order valence-electron chi connectivity index (χ0n) is 13.3. The molecule has 2 nitrogen and oxygen atoms in total. The van der Waals surface area contributed by atoms with Gasteiger partial charge in [-0.1, -0.05) is 34.6 Å². The first-order valence-electron chi connectivity index (χ1n) is 7.15. The van der Waals surface area contributed by atoms with Crippen molar-refractivity contribution in [1.82, 2.24) is 0 Å². The molecule has 0 heterocycles. The molecule has 1 fully saturated rings. The van der Waals surface area contributed by atoms with Gasteiger partial charge in [-0.05, 0) is 23.6 Å². The van der Waals surface area contributed by atoms with Gasteiger partial charge in [0.05, 0.1) is 7.11 Å². The van der Waals surface area contributed by atoms with Gasteiger partial charge in [0.25, 0.3) is 0 Å². The highest BCUT2D eigenvalue weighted by Gasteiger charge is 2.49. The number of methoxy groups -OCH3 is 1. The maximum absolute atomic E-state index is 6.28. The van der Waals surface area contributed by atoms with E-state index in [9.17, 15) is 0 Å². The van der Waals surface area contributed by atoms with Crippen molar-refractivity contribution in [2.24, 2.45) is 5.41 Å². The predicted octanol–water partition coefficient (Wildman–Crippen LogP) is 4.78. The van der Waals surface area contributed by atoms with E-state index in [0.717, 1.165) is 17.9 Å². The fourth-order valence-corrected chi connectivity index (χ4v) is 2.82. The van der Waals surface area contributed by atoms with Crippen molar-refractivity contribution < 1.29 is 9.47 Å². The SMILES string of the molecule is COc1ccc(OC2CC(Cl)C2(C)C)c(C(C)(C)C)c1. The molecule has 1 aliphatic rings. The third-order valence-electron chi connectivity index (χ3n) is 4.32. The molecule has 0 radical (unpaired) electrons. The predicted molar refractivity (Wildman–Crippen MR) is 84.1 cm³/mol. The monoisotopic (exact) mass is 296 g/mol. The number of ether oxygens (including phenoxy) is 2. The average Bonchev–Trinajstić information content (AvgIpc) is 2.37. The van der Waals surface area contributed by atoms with E-state index in [4.69, 9.17) is 21.1 Å². The minimum absolute atomic E-state index is 0.0120. The van der Waals surface area contributed by atoms with Gasteiger partial charge in [0.15, 0.2) is 0 Å². The Balaban J connectivity index is 2.28. The molecule has 112 valence electrons. The Hall–Kier alpha value is -0.890. The van der Waals surface area contributed by atoms with Crippen molar-refractivity contribution in [3.63, 3.8) is 0 Å². The molecule has 1 aliphatic carbocycles. The molecular formula is C17H25ClO2. The highest BCUT2D eigenvalue weighted by molar-refractivity contribution is 6.21. The molecule has 0 N–H and O–H groups in total. The highest BCUT2D eigenvalue weighted by atomic mass is 35.5. The molecule has 0 amide bonds. The minimum atomic E-state index is 0.0120. The van der Waals surface area contributed by atoms with Gasteiger partial charge in [0, 0.05) is 22.8 Å². The second kappa shape index (κ2) is 5.14. The summed E-state index contributed by atoms with van der Waals surface area (Å²) in [4.78, 5) is 0. The smallest absolute Gasteiger partial charge is 0.123 e. The van der Waals surface area contributed by atoms with Crippen LogP contribution < -0.4 is 9.47 Å². The lowest BCUT2D eigenvalue weighted by Crippen LogP contribution is -2.53. The first kappa shape index (κ1) is 15.5. The van der Waals surface area contributed by atoms with Crippen LogP contribution in [0.4, 0.5) is 0 Å². The Morgan fingerprint density at radius 2 is 1.90 bits per heavy atom. The van der Waals surface area contributed by atoms with Crippen LogP contribution in [0.2, 0.25) is 0 Å². The Morgan fingerprint density at radius 3 is 2.35 bits per heavy atom. The second-order valence-electron chi connectivity index (χ2n) is 7.24. The second-order valence-corrected chi connectivity index (χ2v) is 7.77. The van der Waals surface area contributed by atoms with E-state index < -0.39 is 0 Å². The molecule has 1 aromatic carbocycles. The molecule has 0 aliphatic heterocycles. The van der Waals surface area contributed by atoms with Crippen molar-refractivity contribution >= 4 is 11.6 Å². The van der Waals surface area contributed by atoms with Gasteiger partial charge < -0.3 is 9.47 Å². The van der Waals surface area contributed by atoms with E-state index in [-0.39, 0.29) is 22.3 Å². The fraction of sp³-hybridized carbons (Fsp3) is 0.647. The van der Waals surface area contributed by atoms with Crippen LogP contribution in [0.1, 0.15) is 46.6 Å². The molecular weight excluding hydrogens is 272 g/mol. The number of benzene rings is 1. The largest absolute Gasteiger partial charge is 0.497 e. The summed E-state index contributed by atoms with van der Waals surface area (Å²) >= 11 is 6.28. The maximum Gasteiger partial charge on any atom is 0.123 e. The van der Waals surface area contributed by atoms with Crippen LogP contribution in [0.15, 0.2) is 18.2 Å². The van der Waals surface area contributed by atoms with Gasteiger partial charge in [-0.2, -0.15) is 0 Å². The molecule has 2 atom stereocenters. The molecule has 2 rings (SSSR count). The van der Waals surface area contributed by atoms with Gasteiger partial charge in [-0.3, -0.25) is 0 Å². The molecule has 0 bridgehead atoms. The summed E-state index contributed by atoms with van der Waals surface area (Å²) in [7, 11) is 1.69. The van der Waals surface area contributed by atoms with E-state index in [2.05, 4.69) is 40.7 Å². The third-order valence-corrected chi connectivity index (χ3v) is 5.06. The lowest BCUT2D eigenvalue weighted by atomic mass is 9.68. The number of halogens is 1. The van der Waals surface area contributed by atoms with Crippen LogP contribution in [0.25, 0.3) is 0 Å². The molecule has 3 heteroatoms.